The fourth-order valence-corrected chi connectivity index (χ4v) is 3.96. The third-order valence-corrected chi connectivity index (χ3v) is 5.23. The topological polar surface area (TPSA) is 89.9 Å². The lowest BCUT2D eigenvalue weighted by atomic mass is 9.98. The van der Waals surface area contributed by atoms with Gasteiger partial charge in [0.25, 0.3) is 10.1 Å². The Morgan fingerprint density at radius 1 is 1.16 bits per heavy atom. The van der Waals surface area contributed by atoms with Gasteiger partial charge in [0.2, 0.25) is 0 Å². The summed E-state index contributed by atoms with van der Waals surface area (Å²) in [7, 11) is -2.25. The standard InChI is InChI=1S/C16H14BrFO6S/c1-23-14-12(17)8-7-11(13(14)16(19)24-2)15(25(20,21)22)9-3-5-10(18)6-4-9/h3-8,15H,1-2H3,(H,20,21,22). The Bertz CT molecular complexity index is 896. The molecule has 134 valence electrons. The molecule has 1 N–H and O–H groups in total. The van der Waals surface area contributed by atoms with Crippen LogP contribution < -0.4 is 4.74 Å². The third-order valence-electron chi connectivity index (χ3n) is 3.49. The van der Waals surface area contributed by atoms with E-state index in [0.29, 0.717) is 4.47 Å². The molecule has 25 heavy (non-hydrogen) atoms. The van der Waals surface area contributed by atoms with Crippen LogP contribution in [0.3, 0.4) is 0 Å². The maximum absolute atomic E-state index is 13.2. The minimum absolute atomic E-state index is 0.0546. The molecular formula is C16H14BrFO6S. The molecule has 0 aromatic heterocycles. The van der Waals surface area contributed by atoms with E-state index < -0.39 is 27.2 Å². The van der Waals surface area contributed by atoms with E-state index >= 15 is 0 Å². The molecule has 0 aliphatic heterocycles. The Labute approximate surface area is 152 Å². The van der Waals surface area contributed by atoms with E-state index in [1.54, 1.807) is 0 Å². The SMILES string of the molecule is COC(=O)c1c(C(c2ccc(F)cc2)S(=O)(=O)O)ccc(Br)c1OC. The van der Waals surface area contributed by atoms with Crippen LogP contribution in [0.1, 0.15) is 26.7 Å². The number of carbonyl (C=O) groups excluding carboxylic acids is 1. The molecule has 2 aromatic carbocycles. The fraction of sp³-hybridized carbons (Fsp3) is 0.188. The van der Waals surface area contributed by atoms with Gasteiger partial charge in [-0.15, -0.1) is 0 Å². The zero-order valence-electron chi connectivity index (χ0n) is 13.2. The van der Waals surface area contributed by atoms with E-state index in [4.69, 9.17) is 9.47 Å². The molecule has 0 saturated carbocycles. The van der Waals surface area contributed by atoms with Crippen LogP contribution in [-0.4, -0.2) is 33.2 Å². The van der Waals surface area contributed by atoms with Gasteiger partial charge in [-0.3, -0.25) is 4.55 Å². The highest BCUT2D eigenvalue weighted by atomic mass is 79.9. The average Bonchev–Trinajstić information content (AvgIpc) is 2.55. The van der Waals surface area contributed by atoms with E-state index in [-0.39, 0.29) is 22.4 Å². The summed E-state index contributed by atoms with van der Waals surface area (Å²) in [4.78, 5) is 12.2. The molecule has 1 atom stereocenters. The molecule has 0 saturated heterocycles. The molecular weight excluding hydrogens is 419 g/mol. The molecule has 0 bridgehead atoms. The molecule has 2 aromatic rings. The van der Waals surface area contributed by atoms with Gasteiger partial charge in [-0.25, -0.2) is 9.18 Å². The van der Waals surface area contributed by atoms with Crippen LogP contribution in [0.4, 0.5) is 4.39 Å². The second kappa shape index (κ2) is 7.51. The van der Waals surface area contributed by atoms with Crippen molar-refractivity contribution in [2.75, 3.05) is 14.2 Å². The van der Waals surface area contributed by atoms with E-state index in [1.807, 2.05) is 0 Å². The number of halogens is 2. The number of ether oxygens (including phenoxy) is 2. The Balaban J connectivity index is 2.82. The number of hydrogen-bond donors (Lipinski definition) is 1. The quantitative estimate of drug-likeness (QED) is 0.575. The maximum Gasteiger partial charge on any atom is 0.342 e. The van der Waals surface area contributed by atoms with Crippen LogP contribution in [-0.2, 0) is 14.9 Å². The molecule has 1 unspecified atom stereocenters. The van der Waals surface area contributed by atoms with Crippen molar-refractivity contribution in [2.45, 2.75) is 5.25 Å². The lowest BCUT2D eigenvalue weighted by Gasteiger charge is -2.20. The van der Waals surface area contributed by atoms with Crippen molar-refractivity contribution in [2.24, 2.45) is 0 Å². The van der Waals surface area contributed by atoms with Gasteiger partial charge in [0, 0.05) is 0 Å². The summed E-state index contributed by atoms with van der Waals surface area (Å²) >= 11 is 3.21. The molecule has 9 heteroatoms. The lowest BCUT2D eigenvalue weighted by Crippen LogP contribution is -2.19. The first-order chi connectivity index (χ1) is 11.7. The van der Waals surface area contributed by atoms with Crippen molar-refractivity contribution in [1.82, 2.24) is 0 Å². The van der Waals surface area contributed by atoms with Crippen LogP contribution in [0.5, 0.6) is 5.75 Å². The van der Waals surface area contributed by atoms with Crippen molar-refractivity contribution in [3.8, 4) is 5.75 Å². The lowest BCUT2D eigenvalue weighted by molar-refractivity contribution is 0.0595. The number of benzene rings is 2. The van der Waals surface area contributed by atoms with Crippen molar-refractivity contribution >= 4 is 32.0 Å². The van der Waals surface area contributed by atoms with Gasteiger partial charge in [0.05, 0.1) is 18.7 Å². The maximum atomic E-state index is 13.2. The minimum Gasteiger partial charge on any atom is -0.495 e. The zero-order valence-corrected chi connectivity index (χ0v) is 15.6. The van der Waals surface area contributed by atoms with Gasteiger partial charge in [-0.1, -0.05) is 18.2 Å². The second-order valence-electron chi connectivity index (χ2n) is 4.98. The molecule has 0 heterocycles. The number of methoxy groups -OCH3 is 2. The molecule has 0 fully saturated rings. The van der Waals surface area contributed by atoms with Crippen LogP contribution >= 0.6 is 15.9 Å². The molecule has 2 rings (SSSR count). The van der Waals surface area contributed by atoms with Gasteiger partial charge in [-0.05, 0) is 45.3 Å². The van der Waals surface area contributed by atoms with E-state index in [0.717, 1.165) is 19.2 Å². The molecule has 6 nitrogen and oxygen atoms in total. The third kappa shape index (κ3) is 4.00. The Morgan fingerprint density at radius 3 is 2.24 bits per heavy atom. The van der Waals surface area contributed by atoms with E-state index in [2.05, 4.69) is 15.9 Å². The summed E-state index contributed by atoms with van der Waals surface area (Å²) in [5, 5.41) is -1.62. The van der Waals surface area contributed by atoms with Gasteiger partial charge in [0.15, 0.2) is 0 Å². The summed E-state index contributed by atoms with van der Waals surface area (Å²) in [6, 6.07) is 7.36. The average molecular weight is 433 g/mol. The van der Waals surface area contributed by atoms with Crippen LogP contribution in [0.15, 0.2) is 40.9 Å². The van der Waals surface area contributed by atoms with E-state index in [1.165, 1.54) is 31.4 Å². The first kappa shape index (κ1) is 19.4. The van der Waals surface area contributed by atoms with Crippen LogP contribution in [0.25, 0.3) is 0 Å². The number of hydrogen-bond acceptors (Lipinski definition) is 5. The van der Waals surface area contributed by atoms with Crippen molar-refractivity contribution in [3.05, 3.63) is 63.4 Å². The van der Waals surface area contributed by atoms with Gasteiger partial charge in [-0.2, -0.15) is 8.42 Å². The summed E-state index contributed by atoms with van der Waals surface area (Å²) in [5.74, 6) is -1.36. The highest BCUT2D eigenvalue weighted by Crippen LogP contribution is 2.39. The summed E-state index contributed by atoms with van der Waals surface area (Å²) in [6.45, 7) is 0. The highest BCUT2D eigenvalue weighted by Gasteiger charge is 2.34. The molecule has 0 aliphatic rings. The van der Waals surface area contributed by atoms with Gasteiger partial charge >= 0.3 is 5.97 Å². The Morgan fingerprint density at radius 2 is 1.76 bits per heavy atom. The minimum atomic E-state index is -4.69. The van der Waals surface area contributed by atoms with Crippen molar-refractivity contribution in [1.29, 1.82) is 0 Å². The smallest absolute Gasteiger partial charge is 0.342 e. The Kier molecular flexibility index (Phi) is 5.81. The number of rotatable bonds is 5. The monoisotopic (exact) mass is 432 g/mol. The molecule has 0 radical (unpaired) electrons. The van der Waals surface area contributed by atoms with Crippen LogP contribution in [0, 0.1) is 5.82 Å². The number of esters is 1. The number of carbonyl (C=O) groups is 1. The Hall–Kier alpha value is -1.97. The molecule has 0 amide bonds. The zero-order chi connectivity index (χ0) is 18.8. The fourth-order valence-electron chi connectivity index (χ4n) is 2.45. The van der Waals surface area contributed by atoms with Gasteiger partial charge in [0.1, 0.15) is 22.4 Å². The first-order valence-corrected chi connectivity index (χ1v) is 9.16. The van der Waals surface area contributed by atoms with E-state index in [9.17, 15) is 22.2 Å². The second-order valence-corrected chi connectivity index (χ2v) is 7.34. The highest BCUT2D eigenvalue weighted by molar-refractivity contribution is 9.10. The largest absolute Gasteiger partial charge is 0.495 e. The van der Waals surface area contributed by atoms with Crippen LogP contribution in [0.2, 0.25) is 0 Å². The predicted molar refractivity (Wildman–Crippen MR) is 91.8 cm³/mol. The van der Waals surface area contributed by atoms with Crippen molar-refractivity contribution in [3.63, 3.8) is 0 Å². The molecule has 0 aliphatic carbocycles. The normalized spacial score (nSPS) is 12.5. The first-order valence-electron chi connectivity index (χ1n) is 6.87. The molecule has 0 spiro atoms. The summed E-state index contributed by atoms with van der Waals surface area (Å²) < 4.78 is 57.2. The van der Waals surface area contributed by atoms with Gasteiger partial charge < -0.3 is 9.47 Å². The predicted octanol–water partition coefficient (Wildman–Crippen LogP) is 3.36. The summed E-state index contributed by atoms with van der Waals surface area (Å²) in [5.41, 5.74) is -0.134. The van der Waals surface area contributed by atoms with Crippen molar-refractivity contribution < 1.29 is 31.6 Å². The summed E-state index contributed by atoms with van der Waals surface area (Å²) in [6.07, 6.45) is 0.